The van der Waals surface area contributed by atoms with Crippen LogP contribution in [0.4, 0.5) is 4.39 Å². The summed E-state index contributed by atoms with van der Waals surface area (Å²) in [5.74, 6) is -2.97. The number of aliphatic hydroxyl groups excluding tert-OH is 2. The van der Waals surface area contributed by atoms with E-state index in [0.717, 1.165) is 12.1 Å². The molecule has 0 aliphatic heterocycles. The molecule has 0 bridgehead atoms. The van der Waals surface area contributed by atoms with Gasteiger partial charge in [-0.15, -0.1) is 0 Å². The molecule has 4 atom stereocenters. The normalized spacial score (nSPS) is 27.1. The van der Waals surface area contributed by atoms with E-state index in [1.54, 1.807) is 0 Å². The molecular formula is C17H21ClFN3O6. The number of rotatable bonds is 6. The molecular weight excluding hydrogens is 397 g/mol. The van der Waals surface area contributed by atoms with Crippen molar-refractivity contribution >= 4 is 29.3 Å². The third-order valence-corrected chi connectivity index (χ3v) is 4.78. The molecule has 1 aliphatic rings. The van der Waals surface area contributed by atoms with Gasteiger partial charge in [-0.3, -0.25) is 14.4 Å². The summed E-state index contributed by atoms with van der Waals surface area (Å²) in [4.78, 5) is 35.3. The Hall–Kier alpha value is -2.27. The number of primary amides is 1. The van der Waals surface area contributed by atoms with Gasteiger partial charge in [-0.2, -0.15) is 0 Å². The second-order valence-electron chi connectivity index (χ2n) is 6.68. The smallest absolute Gasteiger partial charge is 0.252 e. The average Bonchev–Trinajstić information content (AvgIpc) is 2.61. The molecule has 1 saturated carbocycles. The molecule has 1 aliphatic carbocycles. The van der Waals surface area contributed by atoms with E-state index in [1.807, 2.05) is 0 Å². The quantitative estimate of drug-likeness (QED) is 0.341. The van der Waals surface area contributed by atoms with Crippen LogP contribution in [0.25, 0.3) is 0 Å². The van der Waals surface area contributed by atoms with Gasteiger partial charge < -0.3 is 31.7 Å². The van der Waals surface area contributed by atoms with Crippen LogP contribution in [0.1, 0.15) is 29.6 Å². The average molecular weight is 418 g/mol. The van der Waals surface area contributed by atoms with E-state index in [1.165, 1.54) is 6.07 Å². The maximum absolute atomic E-state index is 13.2. The molecule has 0 radical (unpaired) electrons. The summed E-state index contributed by atoms with van der Waals surface area (Å²) in [5, 5.41) is 35.2. The first kappa shape index (κ1) is 22.0. The molecule has 0 heterocycles. The maximum atomic E-state index is 13.2. The number of benzene rings is 1. The summed E-state index contributed by atoms with van der Waals surface area (Å²) in [6.07, 6.45) is -3.95. The van der Waals surface area contributed by atoms with Crippen molar-refractivity contribution < 1.29 is 34.1 Å². The van der Waals surface area contributed by atoms with E-state index >= 15 is 0 Å². The molecule has 1 aromatic carbocycles. The Morgan fingerprint density at radius 2 is 1.96 bits per heavy atom. The highest BCUT2D eigenvalue weighted by molar-refractivity contribution is 6.31. The molecule has 3 amide bonds. The summed E-state index contributed by atoms with van der Waals surface area (Å²) in [5.41, 5.74) is 2.88. The van der Waals surface area contributed by atoms with Gasteiger partial charge >= 0.3 is 0 Å². The van der Waals surface area contributed by atoms with Gasteiger partial charge in [0, 0.05) is 31.4 Å². The highest BCUT2D eigenvalue weighted by Crippen LogP contribution is 2.30. The van der Waals surface area contributed by atoms with Crippen molar-refractivity contribution in [1.29, 1.82) is 0 Å². The first-order valence-corrected chi connectivity index (χ1v) is 8.82. The molecule has 0 aromatic heterocycles. The van der Waals surface area contributed by atoms with E-state index in [0.29, 0.717) is 0 Å². The van der Waals surface area contributed by atoms with E-state index in [4.69, 9.17) is 17.3 Å². The van der Waals surface area contributed by atoms with Crippen LogP contribution in [-0.2, 0) is 9.59 Å². The van der Waals surface area contributed by atoms with Crippen LogP contribution in [0.5, 0.6) is 0 Å². The minimum atomic E-state index is -2.09. The predicted octanol–water partition coefficient (Wildman–Crippen LogP) is -1.18. The number of nitrogens with one attached hydrogen (secondary N) is 2. The molecule has 0 spiro atoms. The summed E-state index contributed by atoms with van der Waals surface area (Å²) < 4.78 is 13.2. The molecule has 28 heavy (non-hydrogen) atoms. The lowest BCUT2D eigenvalue weighted by Gasteiger charge is -2.41. The van der Waals surface area contributed by atoms with Crippen molar-refractivity contribution in [1.82, 2.24) is 10.6 Å². The SMILES string of the molecule is NC(=O)CCNC(=O)[C@@]1(O)C[C@@H](O)[C@H](O)[C@H](NC(=O)c2ccc(F)c(Cl)c2)C1. The van der Waals surface area contributed by atoms with Crippen LogP contribution in [0.15, 0.2) is 18.2 Å². The lowest BCUT2D eigenvalue weighted by molar-refractivity contribution is -0.157. The molecule has 11 heteroatoms. The van der Waals surface area contributed by atoms with Gasteiger partial charge in [0.15, 0.2) is 0 Å². The van der Waals surface area contributed by atoms with Crippen LogP contribution in [0, 0.1) is 5.82 Å². The zero-order chi connectivity index (χ0) is 21.1. The molecule has 0 unspecified atom stereocenters. The fourth-order valence-electron chi connectivity index (χ4n) is 2.98. The molecule has 154 valence electrons. The number of carbonyl (C=O) groups excluding carboxylic acids is 3. The van der Waals surface area contributed by atoms with Gasteiger partial charge in [0.05, 0.1) is 17.2 Å². The molecule has 7 N–H and O–H groups in total. The monoisotopic (exact) mass is 417 g/mol. The second kappa shape index (κ2) is 8.82. The molecule has 2 rings (SSSR count). The third kappa shape index (κ3) is 5.16. The van der Waals surface area contributed by atoms with Gasteiger partial charge in [0.2, 0.25) is 5.91 Å². The Labute approximate surface area is 164 Å². The van der Waals surface area contributed by atoms with Crippen LogP contribution in [0.2, 0.25) is 5.02 Å². The van der Waals surface area contributed by atoms with Gasteiger partial charge in [0.25, 0.3) is 11.8 Å². The number of aliphatic hydroxyl groups is 3. The number of hydrogen-bond acceptors (Lipinski definition) is 6. The number of carbonyl (C=O) groups is 3. The van der Waals surface area contributed by atoms with E-state index in [2.05, 4.69) is 10.6 Å². The van der Waals surface area contributed by atoms with Crippen LogP contribution in [0.3, 0.4) is 0 Å². The van der Waals surface area contributed by atoms with Gasteiger partial charge in [-0.1, -0.05) is 11.6 Å². The highest BCUT2D eigenvalue weighted by Gasteiger charge is 2.49. The molecule has 0 saturated heterocycles. The number of halogens is 2. The zero-order valence-electron chi connectivity index (χ0n) is 14.7. The zero-order valence-corrected chi connectivity index (χ0v) is 15.4. The summed E-state index contributed by atoms with van der Waals surface area (Å²) in [6.45, 7) is -0.111. The predicted molar refractivity (Wildman–Crippen MR) is 95.7 cm³/mol. The Morgan fingerprint density at radius 3 is 2.57 bits per heavy atom. The lowest BCUT2D eigenvalue weighted by atomic mass is 9.77. The third-order valence-electron chi connectivity index (χ3n) is 4.49. The second-order valence-corrected chi connectivity index (χ2v) is 7.09. The molecule has 9 nitrogen and oxygen atoms in total. The van der Waals surface area contributed by atoms with E-state index < -0.39 is 60.2 Å². The Balaban J connectivity index is 2.10. The first-order chi connectivity index (χ1) is 13.0. The van der Waals surface area contributed by atoms with Gasteiger partial charge in [-0.05, 0) is 18.2 Å². The van der Waals surface area contributed by atoms with Crippen molar-refractivity contribution in [3.63, 3.8) is 0 Å². The van der Waals surface area contributed by atoms with E-state index in [-0.39, 0.29) is 23.6 Å². The van der Waals surface area contributed by atoms with Crippen LogP contribution < -0.4 is 16.4 Å². The Kier molecular flexibility index (Phi) is 6.94. The van der Waals surface area contributed by atoms with Crippen molar-refractivity contribution in [2.24, 2.45) is 5.73 Å². The largest absolute Gasteiger partial charge is 0.390 e. The summed E-state index contributed by atoms with van der Waals surface area (Å²) in [6, 6.07) is 2.07. The molecule has 1 aromatic rings. The van der Waals surface area contributed by atoms with E-state index in [9.17, 15) is 34.1 Å². The topological polar surface area (TPSA) is 162 Å². The van der Waals surface area contributed by atoms with Gasteiger partial charge in [-0.25, -0.2) is 4.39 Å². The Bertz CT molecular complexity index is 779. The minimum absolute atomic E-state index is 0.00638. The first-order valence-electron chi connectivity index (χ1n) is 8.44. The number of amides is 3. The van der Waals surface area contributed by atoms with Crippen LogP contribution >= 0.6 is 11.6 Å². The maximum Gasteiger partial charge on any atom is 0.252 e. The standard InChI is InChI=1S/C17H21ClFN3O6/c18-9-5-8(1-2-10(9)19)15(26)22-11-6-17(28,7-12(23)14(11)25)16(27)21-4-3-13(20)24/h1-2,5,11-12,14,23,25,28H,3-4,6-7H2,(H2,20,24)(H,21,27)(H,22,26)/t11-,12-,14-,17+/m1/s1. The summed E-state index contributed by atoms with van der Waals surface area (Å²) in [7, 11) is 0. The van der Waals surface area contributed by atoms with Crippen LogP contribution in [-0.4, -0.2) is 63.4 Å². The summed E-state index contributed by atoms with van der Waals surface area (Å²) >= 11 is 5.64. The highest BCUT2D eigenvalue weighted by atomic mass is 35.5. The fourth-order valence-corrected chi connectivity index (χ4v) is 3.16. The fraction of sp³-hybridized carbons (Fsp3) is 0.471. The van der Waals surface area contributed by atoms with Crippen molar-refractivity contribution in [2.45, 2.75) is 43.1 Å². The Morgan fingerprint density at radius 1 is 1.29 bits per heavy atom. The number of hydrogen-bond donors (Lipinski definition) is 6. The van der Waals surface area contributed by atoms with Gasteiger partial charge in [0.1, 0.15) is 17.5 Å². The number of nitrogens with two attached hydrogens (primary N) is 1. The minimum Gasteiger partial charge on any atom is -0.390 e. The van der Waals surface area contributed by atoms with Crippen molar-refractivity contribution in [3.8, 4) is 0 Å². The lowest BCUT2D eigenvalue weighted by Crippen LogP contribution is -2.63. The molecule has 1 fully saturated rings. The van der Waals surface area contributed by atoms with Crippen molar-refractivity contribution in [2.75, 3.05) is 6.54 Å². The van der Waals surface area contributed by atoms with Crippen molar-refractivity contribution in [3.05, 3.63) is 34.6 Å².